The molecule has 0 bridgehead atoms. The fourth-order valence-corrected chi connectivity index (χ4v) is 2.51. The van der Waals surface area contributed by atoms with Gasteiger partial charge in [-0.25, -0.2) is 4.98 Å². The van der Waals surface area contributed by atoms with E-state index in [4.69, 9.17) is 16.3 Å². The number of aromatic nitrogens is 1. The maximum absolute atomic E-state index is 11.6. The Morgan fingerprint density at radius 3 is 2.84 bits per heavy atom. The van der Waals surface area contributed by atoms with Crippen molar-refractivity contribution < 1.29 is 9.53 Å². The minimum Gasteiger partial charge on any atom is -0.468 e. The largest absolute Gasteiger partial charge is 0.468 e. The number of pyridine rings is 1. The van der Waals surface area contributed by atoms with Gasteiger partial charge in [0.15, 0.2) is 0 Å². The molecule has 1 atom stereocenters. The van der Waals surface area contributed by atoms with Gasteiger partial charge in [-0.3, -0.25) is 4.79 Å². The molecule has 106 valence electrons. The predicted molar refractivity (Wildman–Crippen MR) is 78.7 cm³/mol. The van der Waals surface area contributed by atoms with Crippen LogP contribution < -0.4 is 5.32 Å². The van der Waals surface area contributed by atoms with E-state index in [-0.39, 0.29) is 5.97 Å². The number of rotatable bonds is 7. The highest BCUT2D eigenvalue weighted by atomic mass is 35.5. The molecule has 0 aromatic carbocycles. The van der Waals surface area contributed by atoms with E-state index in [1.54, 1.807) is 25.0 Å². The van der Waals surface area contributed by atoms with Gasteiger partial charge >= 0.3 is 5.97 Å². The fourth-order valence-electron chi connectivity index (χ4n) is 1.60. The van der Waals surface area contributed by atoms with Crippen LogP contribution in [0.5, 0.6) is 0 Å². The first-order valence-electron chi connectivity index (χ1n) is 6.03. The molecule has 1 rings (SSSR count). The van der Waals surface area contributed by atoms with Gasteiger partial charge in [0.25, 0.3) is 0 Å². The van der Waals surface area contributed by atoms with Crippen LogP contribution in [0, 0.1) is 0 Å². The van der Waals surface area contributed by atoms with Gasteiger partial charge in [-0.05, 0) is 44.7 Å². The Labute approximate surface area is 123 Å². The number of carbonyl (C=O) groups excluding carboxylic acids is 1. The van der Waals surface area contributed by atoms with Crippen molar-refractivity contribution in [3.63, 3.8) is 0 Å². The van der Waals surface area contributed by atoms with E-state index in [1.165, 1.54) is 7.11 Å². The van der Waals surface area contributed by atoms with Crippen LogP contribution in [0.3, 0.4) is 0 Å². The van der Waals surface area contributed by atoms with Crippen LogP contribution in [0.25, 0.3) is 0 Å². The molecule has 1 aromatic rings. The third-order valence-electron chi connectivity index (χ3n) is 2.96. The molecule has 1 heterocycles. The van der Waals surface area contributed by atoms with Gasteiger partial charge in [-0.2, -0.15) is 0 Å². The minimum absolute atomic E-state index is 0.232. The number of ether oxygens (including phenoxy) is 1. The quantitative estimate of drug-likeness (QED) is 0.477. The normalized spacial score (nSPS) is 13.9. The summed E-state index contributed by atoms with van der Waals surface area (Å²) in [5.41, 5.74) is -0.622. The van der Waals surface area contributed by atoms with E-state index in [0.29, 0.717) is 5.02 Å². The van der Waals surface area contributed by atoms with Crippen LogP contribution in [-0.4, -0.2) is 36.4 Å². The van der Waals surface area contributed by atoms with Crippen LogP contribution >= 0.6 is 23.4 Å². The van der Waals surface area contributed by atoms with Gasteiger partial charge in [-0.1, -0.05) is 11.6 Å². The standard InChI is InChI=1S/C13H19ClN2O2S/c1-13(15-2,12(17)18-3)7-4-8-19-11-6-5-10(14)9-16-11/h5-6,9,15H,4,7-8H2,1-3H3. The molecule has 0 spiro atoms. The third kappa shape index (κ3) is 5.01. The maximum Gasteiger partial charge on any atom is 0.325 e. The molecule has 0 aliphatic rings. The molecule has 0 aliphatic carbocycles. The molecule has 0 fully saturated rings. The average Bonchev–Trinajstić information content (AvgIpc) is 2.44. The first-order valence-corrected chi connectivity index (χ1v) is 7.40. The van der Waals surface area contributed by atoms with Crippen molar-refractivity contribution in [2.24, 2.45) is 0 Å². The average molecular weight is 303 g/mol. The molecule has 6 heteroatoms. The number of nitrogens with zero attached hydrogens (tertiary/aromatic N) is 1. The fraction of sp³-hybridized carbons (Fsp3) is 0.538. The number of nitrogens with one attached hydrogen (secondary N) is 1. The van der Waals surface area contributed by atoms with Crippen LogP contribution in [0.15, 0.2) is 23.4 Å². The van der Waals surface area contributed by atoms with Crippen LogP contribution in [0.4, 0.5) is 0 Å². The van der Waals surface area contributed by atoms with Gasteiger partial charge in [0, 0.05) is 6.20 Å². The Kier molecular flexibility index (Phi) is 6.62. The van der Waals surface area contributed by atoms with Gasteiger partial charge in [0.2, 0.25) is 0 Å². The highest BCUT2D eigenvalue weighted by Gasteiger charge is 2.31. The monoisotopic (exact) mass is 302 g/mol. The van der Waals surface area contributed by atoms with Crippen molar-refractivity contribution in [2.75, 3.05) is 19.9 Å². The van der Waals surface area contributed by atoms with E-state index in [0.717, 1.165) is 23.6 Å². The first-order chi connectivity index (χ1) is 9.01. The molecule has 0 radical (unpaired) electrons. The number of hydrogen-bond acceptors (Lipinski definition) is 5. The zero-order chi connectivity index (χ0) is 14.3. The van der Waals surface area contributed by atoms with E-state index >= 15 is 0 Å². The zero-order valence-corrected chi connectivity index (χ0v) is 13.0. The van der Waals surface area contributed by atoms with E-state index in [9.17, 15) is 4.79 Å². The number of esters is 1. The molecule has 0 saturated carbocycles. The van der Waals surface area contributed by atoms with Crippen LogP contribution in [0.1, 0.15) is 19.8 Å². The zero-order valence-electron chi connectivity index (χ0n) is 11.4. The predicted octanol–water partition coefficient (Wildman–Crippen LogP) is 2.76. The summed E-state index contributed by atoms with van der Waals surface area (Å²) in [6.45, 7) is 1.85. The molecule has 1 N–H and O–H groups in total. The number of carbonyl (C=O) groups is 1. The molecule has 1 aromatic heterocycles. The minimum atomic E-state index is -0.622. The lowest BCUT2D eigenvalue weighted by Gasteiger charge is -2.25. The summed E-state index contributed by atoms with van der Waals surface area (Å²) >= 11 is 7.42. The van der Waals surface area contributed by atoms with Crippen molar-refractivity contribution in [3.05, 3.63) is 23.4 Å². The second kappa shape index (κ2) is 7.72. The van der Waals surface area contributed by atoms with E-state index < -0.39 is 5.54 Å². The lowest BCUT2D eigenvalue weighted by Crippen LogP contribution is -2.48. The molecule has 1 unspecified atom stereocenters. The lowest BCUT2D eigenvalue weighted by molar-refractivity contribution is -0.148. The summed E-state index contributed by atoms with van der Waals surface area (Å²) in [4.78, 5) is 15.9. The molecule has 0 saturated heterocycles. The van der Waals surface area contributed by atoms with E-state index in [2.05, 4.69) is 10.3 Å². The summed E-state index contributed by atoms with van der Waals surface area (Å²) in [5, 5.41) is 4.59. The highest BCUT2D eigenvalue weighted by Crippen LogP contribution is 2.21. The molecule has 0 amide bonds. The molecular formula is C13H19ClN2O2S. The maximum atomic E-state index is 11.6. The van der Waals surface area contributed by atoms with Crippen molar-refractivity contribution in [3.8, 4) is 0 Å². The van der Waals surface area contributed by atoms with Gasteiger partial charge < -0.3 is 10.1 Å². The summed E-state index contributed by atoms with van der Waals surface area (Å²) in [6, 6.07) is 3.72. The highest BCUT2D eigenvalue weighted by molar-refractivity contribution is 7.99. The van der Waals surface area contributed by atoms with Crippen molar-refractivity contribution in [1.82, 2.24) is 10.3 Å². The van der Waals surface area contributed by atoms with Crippen molar-refractivity contribution in [1.29, 1.82) is 0 Å². The molecule has 0 aliphatic heterocycles. The first kappa shape index (κ1) is 16.3. The summed E-state index contributed by atoms with van der Waals surface area (Å²) < 4.78 is 4.80. The number of methoxy groups -OCH3 is 1. The van der Waals surface area contributed by atoms with Crippen LogP contribution in [0.2, 0.25) is 5.02 Å². The third-order valence-corrected chi connectivity index (χ3v) is 4.21. The number of halogens is 1. The Balaban J connectivity index is 2.37. The Morgan fingerprint density at radius 1 is 1.58 bits per heavy atom. The smallest absolute Gasteiger partial charge is 0.325 e. The number of hydrogen-bond donors (Lipinski definition) is 1. The van der Waals surface area contributed by atoms with Crippen molar-refractivity contribution in [2.45, 2.75) is 30.3 Å². The number of likely N-dealkylation sites (N-methyl/N-ethyl adjacent to an activating group) is 1. The van der Waals surface area contributed by atoms with E-state index in [1.807, 2.05) is 19.1 Å². The Morgan fingerprint density at radius 2 is 2.32 bits per heavy atom. The molecule has 19 heavy (non-hydrogen) atoms. The lowest BCUT2D eigenvalue weighted by atomic mass is 9.97. The number of thioether (sulfide) groups is 1. The SMILES string of the molecule is CNC(C)(CCCSc1ccc(Cl)cn1)C(=O)OC. The second-order valence-corrected chi connectivity index (χ2v) is 5.89. The van der Waals surface area contributed by atoms with Crippen molar-refractivity contribution >= 4 is 29.3 Å². The van der Waals surface area contributed by atoms with Gasteiger partial charge in [-0.15, -0.1) is 11.8 Å². The topological polar surface area (TPSA) is 51.2 Å². The summed E-state index contributed by atoms with van der Waals surface area (Å²) in [5.74, 6) is 0.660. The summed E-state index contributed by atoms with van der Waals surface area (Å²) in [6.07, 6.45) is 3.24. The Bertz CT molecular complexity index is 414. The summed E-state index contributed by atoms with van der Waals surface area (Å²) in [7, 11) is 3.18. The molecular weight excluding hydrogens is 284 g/mol. The van der Waals surface area contributed by atoms with Crippen LogP contribution in [-0.2, 0) is 9.53 Å². The van der Waals surface area contributed by atoms with Gasteiger partial charge in [0.05, 0.1) is 17.2 Å². The second-order valence-electron chi connectivity index (χ2n) is 4.34. The Hall–Kier alpha value is -0.780. The van der Waals surface area contributed by atoms with Gasteiger partial charge in [0.1, 0.15) is 5.54 Å². The molecule has 4 nitrogen and oxygen atoms in total.